The molecule has 116 valence electrons. The smallest absolute Gasteiger partial charge is 0.186 e. The van der Waals surface area contributed by atoms with Crippen LogP contribution in [-0.4, -0.2) is 41.9 Å². The lowest BCUT2D eigenvalue weighted by atomic mass is 10.3. The van der Waals surface area contributed by atoms with Gasteiger partial charge in [0.05, 0.1) is 0 Å². The van der Waals surface area contributed by atoms with E-state index in [1.165, 1.54) is 0 Å². The summed E-state index contributed by atoms with van der Waals surface area (Å²) in [6.45, 7) is 5.34. The second kappa shape index (κ2) is 6.58. The summed E-state index contributed by atoms with van der Waals surface area (Å²) in [5.74, 6) is 0.0254. The number of hydrogen-bond acceptors (Lipinski definition) is 6. The molecule has 1 aliphatic heterocycles. The first-order valence-corrected chi connectivity index (χ1v) is 8.57. The highest BCUT2D eigenvalue weighted by molar-refractivity contribution is 7.71. The molecule has 1 fully saturated rings. The van der Waals surface area contributed by atoms with Gasteiger partial charge in [0.15, 0.2) is 10.9 Å². The van der Waals surface area contributed by atoms with E-state index in [1.54, 1.807) is 18.3 Å². The average molecular weight is 334 g/mol. The Morgan fingerprint density at radius 2 is 2.09 bits per heavy atom. The van der Waals surface area contributed by atoms with Gasteiger partial charge in [0.2, 0.25) is 0 Å². The van der Waals surface area contributed by atoms with Gasteiger partial charge in [-0.05, 0) is 18.6 Å². The molecule has 1 aliphatic rings. The predicted octanol–water partition coefficient (Wildman–Crippen LogP) is 3.12. The van der Waals surface area contributed by atoms with Crippen LogP contribution in [0.3, 0.4) is 0 Å². The summed E-state index contributed by atoms with van der Waals surface area (Å²) in [6, 6.07) is 4.06. The van der Waals surface area contributed by atoms with Gasteiger partial charge in [-0.1, -0.05) is 12.2 Å². The maximum absolute atomic E-state index is 11.4. The zero-order valence-electron chi connectivity index (χ0n) is 12.4. The largest absolute Gasteiger partial charge is 0.370 e. The standard InChI is InChI=1S/C15H18N4OS2/c1-11(20)13-10-22-15(17-13)19-6-2-5-18(7-8-19)12-3-4-16-14(21)9-12/h3-4,9-10H,2,5-8H2,1H3,(H,16,21). The summed E-state index contributed by atoms with van der Waals surface area (Å²) in [4.78, 5) is 23.5. The van der Waals surface area contributed by atoms with E-state index in [0.29, 0.717) is 5.69 Å². The number of aromatic nitrogens is 2. The van der Waals surface area contributed by atoms with Crippen molar-refractivity contribution in [2.24, 2.45) is 0 Å². The number of aromatic amines is 1. The molecule has 0 amide bonds. The normalized spacial score (nSPS) is 15.7. The average Bonchev–Trinajstić information content (AvgIpc) is 2.86. The van der Waals surface area contributed by atoms with E-state index in [1.807, 2.05) is 17.6 Å². The molecule has 5 nitrogen and oxygen atoms in total. The molecule has 0 bridgehead atoms. The van der Waals surface area contributed by atoms with Crippen LogP contribution in [0.2, 0.25) is 0 Å². The van der Waals surface area contributed by atoms with Crippen LogP contribution < -0.4 is 9.80 Å². The van der Waals surface area contributed by atoms with Gasteiger partial charge in [0.1, 0.15) is 10.3 Å². The molecule has 0 atom stereocenters. The summed E-state index contributed by atoms with van der Waals surface area (Å²) in [5.41, 5.74) is 1.73. The number of anilines is 2. The molecule has 0 aromatic carbocycles. The van der Waals surface area contributed by atoms with Crippen molar-refractivity contribution >= 4 is 40.2 Å². The molecule has 0 spiro atoms. The molecule has 7 heteroatoms. The van der Waals surface area contributed by atoms with Crippen molar-refractivity contribution in [2.75, 3.05) is 36.0 Å². The Kier molecular flexibility index (Phi) is 4.54. The van der Waals surface area contributed by atoms with E-state index in [0.717, 1.165) is 48.1 Å². The molecule has 1 saturated heterocycles. The fourth-order valence-corrected chi connectivity index (χ4v) is 3.68. The van der Waals surface area contributed by atoms with Crippen LogP contribution in [0.15, 0.2) is 23.7 Å². The Morgan fingerprint density at radius 3 is 2.82 bits per heavy atom. The van der Waals surface area contributed by atoms with Crippen molar-refractivity contribution in [3.8, 4) is 0 Å². The lowest BCUT2D eigenvalue weighted by Gasteiger charge is -2.23. The molecule has 2 aromatic rings. The number of ketones is 1. The fourth-order valence-electron chi connectivity index (χ4n) is 2.57. The summed E-state index contributed by atoms with van der Waals surface area (Å²) in [7, 11) is 0. The minimum atomic E-state index is 0.0254. The number of pyridine rings is 1. The molecule has 0 radical (unpaired) electrons. The Balaban J connectivity index is 1.71. The van der Waals surface area contributed by atoms with Crippen LogP contribution in [0.1, 0.15) is 23.8 Å². The zero-order chi connectivity index (χ0) is 15.5. The first-order chi connectivity index (χ1) is 10.6. The van der Waals surface area contributed by atoms with Gasteiger partial charge in [-0.3, -0.25) is 4.79 Å². The number of H-pyrrole nitrogens is 1. The van der Waals surface area contributed by atoms with E-state index >= 15 is 0 Å². The maximum atomic E-state index is 11.4. The third-order valence-electron chi connectivity index (χ3n) is 3.74. The Hall–Kier alpha value is -1.73. The maximum Gasteiger partial charge on any atom is 0.186 e. The van der Waals surface area contributed by atoms with Gasteiger partial charge >= 0.3 is 0 Å². The topological polar surface area (TPSA) is 52.2 Å². The second-order valence-electron chi connectivity index (χ2n) is 5.31. The third kappa shape index (κ3) is 3.36. The minimum Gasteiger partial charge on any atom is -0.370 e. The van der Waals surface area contributed by atoms with Crippen LogP contribution in [0.5, 0.6) is 0 Å². The van der Waals surface area contributed by atoms with Crippen LogP contribution in [0.25, 0.3) is 0 Å². The highest BCUT2D eigenvalue weighted by Gasteiger charge is 2.18. The summed E-state index contributed by atoms with van der Waals surface area (Å²) in [6.07, 6.45) is 2.95. The van der Waals surface area contributed by atoms with Crippen LogP contribution >= 0.6 is 23.6 Å². The van der Waals surface area contributed by atoms with Crippen LogP contribution in [0, 0.1) is 4.64 Å². The van der Waals surface area contributed by atoms with Crippen molar-refractivity contribution in [1.82, 2.24) is 9.97 Å². The van der Waals surface area contributed by atoms with E-state index in [9.17, 15) is 4.79 Å². The van der Waals surface area contributed by atoms with Crippen LogP contribution in [-0.2, 0) is 0 Å². The van der Waals surface area contributed by atoms with Crippen LogP contribution in [0.4, 0.5) is 10.8 Å². The molecule has 0 saturated carbocycles. The Morgan fingerprint density at radius 1 is 1.32 bits per heavy atom. The molecule has 3 rings (SSSR count). The Labute approximate surface area is 138 Å². The molecule has 3 heterocycles. The second-order valence-corrected chi connectivity index (χ2v) is 6.59. The molecule has 0 aliphatic carbocycles. The molecule has 0 unspecified atom stereocenters. The lowest BCUT2D eigenvalue weighted by Crippen LogP contribution is -2.30. The summed E-state index contributed by atoms with van der Waals surface area (Å²) >= 11 is 6.74. The number of carbonyl (C=O) groups excluding carboxylic acids is 1. The van der Waals surface area contributed by atoms with Crippen molar-refractivity contribution in [3.63, 3.8) is 0 Å². The first kappa shape index (κ1) is 15.2. The molecule has 2 aromatic heterocycles. The number of carbonyl (C=O) groups is 1. The first-order valence-electron chi connectivity index (χ1n) is 7.28. The van der Waals surface area contributed by atoms with Gasteiger partial charge in [0, 0.05) is 50.4 Å². The number of Topliss-reactive ketones (excluding diaryl/α,β-unsaturated/α-hetero) is 1. The SMILES string of the molecule is CC(=O)c1csc(N2CCCN(c3cc[nH]c(=S)c3)CC2)n1. The highest BCUT2D eigenvalue weighted by atomic mass is 32.1. The molecular formula is C15H18N4OS2. The number of nitrogens with one attached hydrogen (secondary N) is 1. The van der Waals surface area contributed by atoms with Crippen molar-refractivity contribution in [2.45, 2.75) is 13.3 Å². The van der Waals surface area contributed by atoms with Gasteiger partial charge in [-0.25, -0.2) is 4.98 Å². The molecule has 1 N–H and O–H groups in total. The highest BCUT2D eigenvalue weighted by Crippen LogP contribution is 2.23. The number of rotatable bonds is 3. The summed E-state index contributed by atoms with van der Waals surface area (Å²) in [5, 5.41) is 2.79. The zero-order valence-corrected chi connectivity index (χ0v) is 14.0. The van der Waals surface area contributed by atoms with Crippen molar-refractivity contribution in [3.05, 3.63) is 34.0 Å². The quantitative estimate of drug-likeness (QED) is 0.690. The fraction of sp³-hybridized carbons (Fsp3) is 0.400. The molecule has 22 heavy (non-hydrogen) atoms. The number of nitrogens with zero attached hydrogens (tertiary/aromatic N) is 3. The summed E-state index contributed by atoms with van der Waals surface area (Å²) < 4.78 is 0.754. The third-order valence-corrected chi connectivity index (χ3v) is 4.88. The van der Waals surface area contributed by atoms with E-state index in [2.05, 4.69) is 25.8 Å². The van der Waals surface area contributed by atoms with Gasteiger partial charge in [-0.15, -0.1) is 11.3 Å². The van der Waals surface area contributed by atoms with Crippen molar-refractivity contribution in [1.29, 1.82) is 0 Å². The molecular weight excluding hydrogens is 316 g/mol. The van der Waals surface area contributed by atoms with Crippen molar-refractivity contribution < 1.29 is 4.79 Å². The number of thiazole rings is 1. The predicted molar refractivity (Wildman–Crippen MR) is 92.8 cm³/mol. The van der Waals surface area contributed by atoms with Gasteiger partial charge in [-0.2, -0.15) is 0 Å². The minimum absolute atomic E-state index is 0.0254. The van der Waals surface area contributed by atoms with Gasteiger partial charge in [0.25, 0.3) is 0 Å². The monoisotopic (exact) mass is 334 g/mol. The van der Waals surface area contributed by atoms with E-state index in [-0.39, 0.29) is 5.78 Å². The lowest BCUT2D eigenvalue weighted by molar-refractivity contribution is 0.101. The number of hydrogen-bond donors (Lipinski definition) is 1. The van der Waals surface area contributed by atoms with Gasteiger partial charge < -0.3 is 14.8 Å². The van der Waals surface area contributed by atoms with E-state index < -0.39 is 0 Å². The van der Waals surface area contributed by atoms with E-state index in [4.69, 9.17) is 12.2 Å². The Bertz CT molecular complexity index is 724.